The molecule has 0 aliphatic rings. The molecule has 6 heteroatoms. The molecule has 0 unspecified atom stereocenters. The molecule has 1 N–H and O–H groups in total. The molecule has 0 fully saturated rings. The highest BCUT2D eigenvalue weighted by molar-refractivity contribution is 6.31. The van der Waals surface area contributed by atoms with E-state index in [0.29, 0.717) is 16.3 Å². The highest BCUT2D eigenvalue weighted by Crippen LogP contribution is 2.25. The summed E-state index contributed by atoms with van der Waals surface area (Å²) in [5.41, 5.74) is 0.731. The zero-order valence-corrected chi connectivity index (χ0v) is 10.4. The summed E-state index contributed by atoms with van der Waals surface area (Å²) in [6, 6.07) is 7.75. The lowest BCUT2D eigenvalue weighted by Gasteiger charge is -2.08. The van der Waals surface area contributed by atoms with Gasteiger partial charge in [0.1, 0.15) is 6.07 Å². The fraction of sp³-hybridized carbons (Fsp3) is 0. The number of halogens is 3. The van der Waals surface area contributed by atoms with Gasteiger partial charge in [-0.3, -0.25) is 0 Å². The number of nitriles is 1. The Balaban J connectivity index is 2.40. The van der Waals surface area contributed by atoms with Gasteiger partial charge in [0.15, 0.2) is 11.6 Å². The third-order valence-corrected chi connectivity index (χ3v) is 2.60. The monoisotopic (exact) mass is 281 g/mol. The third-order valence-electron chi connectivity index (χ3n) is 2.16. The average molecular weight is 282 g/mol. The highest BCUT2D eigenvalue weighted by atomic mass is 35.5. The molecule has 0 atom stereocenters. The molecule has 0 amide bonds. The SMILES string of the molecule is N#Cc1ccc(Cl)cc1Nc1ncc(Cl)cc1F. The van der Waals surface area contributed by atoms with Crippen LogP contribution in [0.2, 0.25) is 10.0 Å². The summed E-state index contributed by atoms with van der Waals surface area (Å²) in [6.07, 6.45) is 1.31. The van der Waals surface area contributed by atoms with Crippen LogP contribution in [-0.2, 0) is 0 Å². The molecule has 18 heavy (non-hydrogen) atoms. The predicted molar refractivity (Wildman–Crippen MR) is 68.7 cm³/mol. The van der Waals surface area contributed by atoms with Gasteiger partial charge in [-0.15, -0.1) is 0 Å². The normalized spacial score (nSPS) is 9.89. The fourth-order valence-corrected chi connectivity index (χ4v) is 1.67. The van der Waals surface area contributed by atoms with Crippen LogP contribution in [0.3, 0.4) is 0 Å². The molecule has 0 radical (unpaired) electrons. The van der Waals surface area contributed by atoms with Gasteiger partial charge in [-0.05, 0) is 24.3 Å². The second kappa shape index (κ2) is 5.21. The van der Waals surface area contributed by atoms with Crippen molar-refractivity contribution in [3.05, 3.63) is 51.9 Å². The van der Waals surface area contributed by atoms with Crippen LogP contribution in [0.5, 0.6) is 0 Å². The lowest BCUT2D eigenvalue weighted by molar-refractivity contribution is 0.626. The average Bonchev–Trinajstić information content (AvgIpc) is 2.33. The molecular weight excluding hydrogens is 276 g/mol. The predicted octanol–water partition coefficient (Wildman–Crippen LogP) is 4.14. The number of anilines is 2. The van der Waals surface area contributed by atoms with Crippen molar-refractivity contribution in [1.82, 2.24) is 4.98 Å². The lowest BCUT2D eigenvalue weighted by Crippen LogP contribution is -1.99. The van der Waals surface area contributed by atoms with Gasteiger partial charge < -0.3 is 5.32 Å². The summed E-state index contributed by atoms with van der Waals surface area (Å²) >= 11 is 11.4. The number of benzene rings is 1. The quantitative estimate of drug-likeness (QED) is 0.900. The number of hydrogen-bond donors (Lipinski definition) is 1. The zero-order valence-electron chi connectivity index (χ0n) is 8.92. The van der Waals surface area contributed by atoms with Crippen LogP contribution in [0.25, 0.3) is 0 Å². The van der Waals surface area contributed by atoms with Gasteiger partial charge in [-0.1, -0.05) is 23.2 Å². The summed E-state index contributed by atoms with van der Waals surface area (Å²) in [5, 5.41) is 12.3. The van der Waals surface area contributed by atoms with E-state index in [-0.39, 0.29) is 10.8 Å². The topological polar surface area (TPSA) is 48.7 Å². The first-order chi connectivity index (χ1) is 8.60. The van der Waals surface area contributed by atoms with Gasteiger partial charge in [0, 0.05) is 11.2 Å². The van der Waals surface area contributed by atoms with E-state index in [1.165, 1.54) is 12.3 Å². The summed E-state index contributed by atoms with van der Waals surface area (Å²) < 4.78 is 13.5. The van der Waals surface area contributed by atoms with E-state index in [2.05, 4.69) is 10.3 Å². The standard InChI is InChI=1S/C12H6Cl2FN3/c13-8-2-1-7(5-16)11(4-8)18-12-10(15)3-9(14)6-17-12/h1-4,6H,(H,17,18). The van der Waals surface area contributed by atoms with E-state index in [1.54, 1.807) is 12.1 Å². The molecule has 90 valence electrons. The number of nitrogens with zero attached hydrogens (tertiary/aromatic N) is 2. The number of hydrogen-bond acceptors (Lipinski definition) is 3. The Morgan fingerprint density at radius 2 is 2.00 bits per heavy atom. The van der Waals surface area contributed by atoms with E-state index >= 15 is 0 Å². The number of aromatic nitrogens is 1. The van der Waals surface area contributed by atoms with Crippen molar-refractivity contribution in [1.29, 1.82) is 5.26 Å². The molecule has 0 aliphatic heterocycles. The van der Waals surface area contributed by atoms with Crippen molar-refractivity contribution in [2.24, 2.45) is 0 Å². The van der Waals surface area contributed by atoms with Crippen LogP contribution in [0, 0.1) is 17.1 Å². The summed E-state index contributed by atoms with van der Waals surface area (Å²) in [6.45, 7) is 0. The Labute approximate surface area is 113 Å². The van der Waals surface area contributed by atoms with Crippen molar-refractivity contribution < 1.29 is 4.39 Å². The van der Waals surface area contributed by atoms with Crippen LogP contribution < -0.4 is 5.32 Å². The molecule has 3 nitrogen and oxygen atoms in total. The minimum absolute atomic E-state index is 0.0156. The zero-order chi connectivity index (χ0) is 13.1. The van der Waals surface area contributed by atoms with Gasteiger partial charge in [0.05, 0.1) is 16.3 Å². The van der Waals surface area contributed by atoms with E-state index in [9.17, 15) is 4.39 Å². The maximum atomic E-state index is 13.5. The molecule has 0 saturated heterocycles. The van der Waals surface area contributed by atoms with Crippen molar-refractivity contribution in [2.75, 3.05) is 5.32 Å². The fourth-order valence-electron chi connectivity index (χ4n) is 1.35. The molecule has 1 aromatic carbocycles. The van der Waals surface area contributed by atoms with Crippen molar-refractivity contribution in [3.8, 4) is 6.07 Å². The molecule has 2 aromatic rings. The van der Waals surface area contributed by atoms with Gasteiger partial charge in [-0.2, -0.15) is 5.26 Å². The Bertz CT molecular complexity index is 638. The smallest absolute Gasteiger partial charge is 0.167 e. The molecule has 0 spiro atoms. The highest BCUT2D eigenvalue weighted by Gasteiger charge is 2.08. The molecule has 1 heterocycles. The van der Waals surface area contributed by atoms with Crippen LogP contribution in [-0.4, -0.2) is 4.98 Å². The minimum Gasteiger partial charge on any atom is -0.337 e. The van der Waals surface area contributed by atoms with Gasteiger partial charge in [0.25, 0.3) is 0 Å². The Morgan fingerprint density at radius 1 is 1.22 bits per heavy atom. The number of rotatable bonds is 2. The maximum absolute atomic E-state index is 13.5. The molecule has 2 rings (SSSR count). The largest absolute Gasteiger partial charge is 0.337 e. The van der Waals surface area contributed by atoms with Crippen molar-refractivity contribution in [2.45, 2.75) is 0 Å². The summed E-state index contributed by atoms with van der Waals surface area (Å²) in [4.78, 5) is 3.81. The molecule has 0 aliphatic carbocycles. The molecule has 0 saturated carbocycles. The number of nitrogens with one attached hydrogen (secondary N) is 1. The second-order valence-corrected chi connectivity index (χ2v) is 4.28. The van der Waals surface area contributed by atoms with Crippen LogP contribution in [0.15, 0.2) is 30.5 Å². The summed E-state index contributed by atoms with van der Waals surface area (Å²) in [5.74, 6) is -0.621. The molecule has 1 aromatic heterocycles. The van der Waals surface area contributed by atoms with E-state index < -0.39 is 5.82 Å². The van der Waals surface area contributed by atoms with E-state index in [4.69, 9.17) is 28.5 Å². The molecule has 0 bridgehead atoms. The van der Waals surface area contributed by atoms with Crippen LogP contribution >= 0.6 is 23.2 Å². The van der Waals surface area contributed by atoms with Crippen molar-refractivity contribution in [3.63, 3.8) is 0 Å². The van der Waals surface area contributed by atoms with Crippen LogP contribution in [0.1, 0.15) is 5.56 Å². The second-order valence-electron chi connectivity index (χ2n) is 3.41. The number of pyridine rings is 1. The van der Waals surface area contributed by atoms with E-state index in [0.717, 1.165) is 6.07 Å². The first kappa shape index (κ1) is 12.6. The third kappa shape index (κ3) is 2.70. The Kier molecular flexibility index (Phi) is 3.66. The van der Waals surface area contributed by atoms with E-state index in [1.807, 2.05) is 6.07 Å². The van der Waals surface area contributed by atoms with Crippen LogP contribution in [0.4, 0.5) is 15.9 Å². The Morgan fingerprint density at radius 3 is 2.67 bits per heavy atom. The first-order valence-electron chi connectivity index (χ1n) is 4.88. The van der Waals surface area contributed by atoms with Crippen molar-refractivity contribution >= 4 is 34.7 Å². The van der Waals surface area contributed by atoms with Gasteiger partial charge in [0.2, 0.25) is 0 Å². The first-order valence-corrected chi connectivity index (χ1v) is 5.63. The lowest BCUT2D eigenvalue weighted by atomic mass is 10.2. The van der Waals surface area contributed by atoms with Gasteiger partial charge >= 0.3 is 0 Å². The molecular formula is C12H6Cl2FN3. The maximum Gasteiger partial charge on any atom is 0.167 e. The van der Waals surface area contributed by atoms with Gasteiger partial charge in [-0.25, -0.2) is 9.37 Å². The summed E-state index contributed by atoms with van der Waals surface area (Å²) in [7, 11) is 0. The Hall–Kier alpha value is -1.83. The minimum atomic E-state index is -0.605.